The van der Waals surface area contributed by atoms with Gasteiger partial charge in [-0.2, -0.15) is 0 Å². The van der Waals surface area contributed by atoms with Crippen molar-refractivity contribution in [2.75, 3.05) is 27.3 Å². The number of hydrogen-bond acceptors (Lipinski definition) is 4. The predicted octanol–water partition coefficient (Wildman–Crippen LogP) is 4.06. The summed E-state index contributed by atoms with van der Waals surface area (Å²) < 4.78 is 10.5. The summed E-state index contributed by atoms with van der Waals surface area (Å²) >= 11 is 6.23. The molecule has 2 aliphatic rings. The summed E-state index contributed by atoms with van der Waals surface area (Å²) in [5, 5.41) is 3.62. The molecule has 1 saturated carbocycles. The van der Waals surface area contributed by atoms with Gasteiger partial charge in [0.25, 0.3) is 0 Å². The average molecular weight is 435 g/mol. The third kappa shape index (κ3) is 5.69. The smallest absolute Gasteiger partial charge is 0.246 e. The molecule has 0 aromatic heterocycles. The highest BCUT2D eigenvalue weighted by Gasteiger charge is 2.29. The van der Waals surface area contributed by atoms with Gasteiger partial charge in [0.05, 0.1) is 25.2 Å². The first-order valence-electron chi connectivity index (χ1n) is 10.7. The second-order valence-corrected chi connectivity index (χ2v) is 8.45. The van der Waals surface area contributed by atoms with Crippen LogP contribution in [0.3, 0.4) is 0 Å². The molecule has 30 heavy (non-hydrogen) atoms. The highest BCUT2D eigenvalue weighted by molar-refractivity contribution is 6.32. The van der Waals surface area contributed by atoms with Gasteiger partial charge in [-0.3, -0.25) is 9.59 Å². The van der Waals surface area contributed by atoms with Crippen molar-refractivity contribution < 1.29 is 19.1 Å². The molecular weight excluding hydrogens is 404 g/mol. The molecule has 3 rings (SSSR count). The molecule has 1 aromatic carbocycles. The van der Waals surface area contributed by atoms with Crippen molar-refractivity contribution in [1.29, 1.82) is 0 Å². The first kappa shape index (κ1) is 22.5. The standard InChI is InChI=1S/C23H31ClN2O4/c1-29-20-14-16(13-19(24)22(20)30-2)10-11-21(27)26-12-6-7-17(15-26)23(28)25-18-8-4-3-5-9-18/h10-11,13-14,17-18H,3-9,12,15H2,1-2H3,(H,25,28)/b11-10+. The van der Waals surface area contributed by atoms with Crippen LogP contribution in [0.1, 0.15) is 50.5 Å². The van der Waals surface area contributed by atoms with E-state index in [0.717, 1.165) is 31.2 Å². The van der Waals surface area contributed by atoms with E-state index < -0.39 is 0 Å². The number of halogens is 1. The van der Waals surface area contributed by atoms with E-state index in [1.54, 1.807) is 30.2 Å². The molecule has 0 spiro atoms. The Morgan fingerprint density at radius 1 is 1.10 bits per heavy atom. The van der Waals surface area contributed by atoms with Crippen molar-refractivity contribution in [1.82, 2.24) is 10.2 Å². The molecule has 1 N–H and O–H groups in total. The minimum Gasteiger partial charge on any atom is -0.493 e. The number of nitrogens with zero attached hydrogens (tertiary/aromatic N) is 1. The molecule has 164 valence electrons. The van der Waals surface area contributed by atoms with E-state index >= 15 is 0 Å². The Kier molecular flexibility index (Phi) is 8.02. The molecule has 1 heterocycles. The zero-order valence-electron chi connectivity index (χ0n) is 17.8. The van der Waals surface area contributed by atoms with Crippen LogP contribution in [0, 0.1) is 5.92 Å². The molecule has 6 nitrogen and oxygen atoms in total. The Balaban J connectivity index is 1.59. The molecule has 2 amide bonds. The minimum atomic E-state index is -0.131. The molecule has 7 heteroatoms. The second-order valence-electron chi connectivity index (χ2n) is 8.04. The molecule has 0 bridgehead atoms. The van der Waals surface area contributed by atoms with Crippen LogP contribution in [0.25, 0.3) is 6.08 Å². The van der Waals surface area contributed by atoms with Crippen LogP contribution in [0.5, 0.6) is 11.5 Å². The Hall–Kier alpha value is -2.21. The molecule has 1 aliphatic carbocycles. The van der Waals surface area contributed by atoms with Crippen molar-refractivity contribution in [3.05, 3.63) is 28.8 Å². The average Bonchev–Trinajstić information content (AvgIpc) is 2.77. The zero-order valence-corrected chi connectivity index (χ0v) is 18.5. The number of piperidine rings is 1. The zero-order chi connectivity index (χ0) is 21.5. The van der Waals surface area contributed by atoms with Crippen LogP contribution in [0.2, 0.25) is 5.02 Å². The van der Waals surface area contributed by atoms with Gasteiger partial charge < -0.3 is 19.7 Å². The van der Waals surface area contributed by atoms with Crippen LogP contribution in [-0.2, 0) is 9.59 Å². The number of benzene rings is 1. The first-order chi connectivity index (χ1) is 14.5. The van der Waals surface area contributed by atoms with Crippen molar-refractivity contribution in [3.63, 3.8) is 0 Å². The summed E-state index contributed by atoms with van der Waals surface area (Å²) in [5.41, 5.74) is 0.745. The topological polar surface area (TPSA) is 67.9 Å². The highest BCUT2D eigenvalue weighted by Crippen LogP contribution is 2.36. The summed E-state index contributed by atoms with van der Waals surface area (Å²) in [6.07, 6.45) is 10.7. The van der Waals surface area contributed by atoms with Crippen LogP contribution < -0.4 is 14.8 Å². The van der Waals surface area contributed by atoms with E-state index in [1.807, 2.05) is 0 Å². The van der Waals surface area contributed by atoms with Crippen molar-refractivity contribution in [3.8, 4) is 11.5 Å². The van der Waals surface area contributed by atoms with Crippen LogP contribution in [0.4, 0.5) is 0 Å². The fourth-order valence-electron chi connectivity index (χ4n) is 4.26. The Labute approximate surface area is 183 Å². The van der Waals surface area contributed by atoms with Crippen molar-refractivity contribution in [2.24, 2.45) is 5.92 Å². The monoisotopic (exact) mass is 434 g/mol. The number of ether oxygens (including phenoxy) is 2. The molecule has 1 aliphatic heterocycles. The van der Waals surface area contributed by atoms with Gasteiger partial charge in [0, 0.05) is 25.2 Å². The Morgan fingerprint density at radius 2 is 1.87 bits per heavy atom. The number of nitrogens with one attached hydrogen (secondary N) is 1. The number of methoxy groups -OCH3 is 2. The van der Waals surface area contributed by atoms with Crippen molar-refractivity contribution >= 4 is 29.5 Å². The van der Waals surface area contributed by atoms with Gasteiger partial charge in [-0.05, 0) is 49.5 Å². The number of likely N-dealkylation sites (tertiary alicyclic amines) is 1. The van der Waals surface area contributed by atoms with Gasteiger partial charge >= 0.3 is 0 Å². The second kappa shape index (κ2) is 10.7. The van der Waals surface area contributed by atoms with E-state index in [9.17, 15) is 9.59 Å². The fraction of sp³-hybridized carbons (Fsp3) is 0.565. The quantitative estimate of drug-likeness (QED) is 0.685. The lowest BCUT2D eigenvalue weighted by molar-refractivity contribution is -0.132. The highest BCUT2D eigenvalue weighted by atomic mass is 35.5. The first-order valence-corrected chi connectivity index (χ1v) is 11.1. The van der Waals surface area contributed by atoms with Gasteiger partial charge in [-0.15, -0.1) is 0 Å². The maximum Gasteiger partial charge on any atom is 0.246 e. The lowest BCUT2D eigenvalue weighted by Crippen LogP contribution is -2.47. The van der Waals surface area contributed by atoms with Crippen LogP contribution in [-0.4, -0.2) is 50.1 Å². The van der Waals surface area contributed by atoms with Gasteiger partial charge in [-0.1, -0.05) is 30.9 Å². The molecule has 1 atom stereocenters. The number of rotatable bonds is 6. The molecule has 1 aromatic rings. The molecular formula is C23H31ClN2O4. The largest absolute Gasteiger partial charge is 0.493 e. The van der Waals surface area contributed by atoms with E-state index in [1.165, 1.54) is 32.4 Å². The number of amides is 2. The SMILES string of the molecule is COc1cc(/C=C/C(=O)N2CCCC(C(=O)NC3CCCCC3)C2)cc(Cl)c1OC. The molecule has 1 unspecified atom stereocenters. The van der Waals surface area contributed by atoms with Gasteiger partial charge in [0.15, 0.2) is 11.5 Å². The minimum absolute atomic E-state index is 0.0926. The van der Waals surface area contributed by atoms with Gasteiger partial charge in [-0.25, -0.2) is 0 Å². The third-order valence-electron chi connectivity index (χ3n) is 5.93. The van der Waals surface area contributed by atoms with Crippen molar-refractivity contribution in [2.45, 2.75) is 51.0 Å². The predicted molar refractivity (Wildman–Crippen MR) is 118 cm³/mol. The summed E-state index contributed by atoms with van der Waals surface area (Å²) in [7, 11) is 3.07. The maximum atomic E-state index is 12.7. The maximum absolute atomic E-state index is 12.7. The summed E-state index contributed by atoms with van der Waals surface area (Å²) in [5.74, 6) is 0.833. The normalized spacial score (nSPS) is 20.2. The summed E-state index contributed by atoms with van der Waals surface area (Å²) in [4.78, 5) is 27.1. The molecule has 0 radical (unpaired) electrons. The van der Waals surface area contributed by atoms with Gasteiger partial charge in [0.1, 0.15) is 0 Å². The molecule has 1 saturated heterocycles. The molecule has 2 fully saturated rings. The van der Waals surface area contributed by atoms with Crippen LogP contribution in [0.15, 0.2) is 18.2 Å². The number of carbonyl (C=O) groups is 2. The summed E-state index contributed by atoms with van der Waals surface area (Å²) in [6.45, 7) is 1.14. The van der Waals surface area contributed by atoms with E-state index in [0.29, 0.717) is 35.7 Å². The Morgan fingerprint density at radius 3 is 2.57 bits per heavy atom. The van der Waals surface area contributed by atoms with E-state index in [4.69, 9.17) is 21.1 Å². The lowest BCUT2D eigenvalue weighted by Gasteiger charge is -2.33. The number of hydrogen-bond donors (Lipinski definition) is 1. The fourth-order valence-corrected chi connectivity index (χ4v) is 4.56. The van der Waals surface area contributed by atoms with E-state index in [2.05, 4.69) is 5.32 Å². The third-order valence-corrected chi connectivity index (χ3v) is 6.21. The van der Waals surface area contributed by atoms with E-state index in [-0.39, 0.29) is 17.7 Å². The Bertz CT molecular complexity index is 790. The van der Waals surface area contributed by atoms with Gasteiger partial charge in [0.2, 0.25) is 11.8 Å². The lowest BCUT2D eigenvalue weighted by atomic mass is 9.93. The number of carbonyl (C=O) groups excluding carboxylic acids is 2. The summed E-state index contributed by atoms with van der Waals surface area (Å²) in [6, 6.07) is 3.79. The van der Waals surface area contributed by atoms with Crippen LogP contribution >= 0.6 is 11.6 Å².